The molecule has 0 aliphatic carbocycles. The molecule has 8 heteroatoms. The van der Waals surface area contributed by atoms with E-state index < -0.39 is 6.03 Å². The second-order valence-corrected chi connectivity index (χ2v) is 5.42. The first kappa shape index (κ1) is 13.6. The number of carbonyl (C=O) groups is 3. The van der Waals surface area contributed by atoms with E-state index in [4.69, 9.17) is 0 Å². The quantitative estimate of drug-likeness (QED) is 0.739. The molecule has 1 saturated heterocycles. The van der Waals surface area contributed by atoms with Gasteiger partial charge in [-0.05, 0) is 6.42 Å². The summed E-state index contributed by atoms with van der Waals surface area (Å²) >= 11 is 0. The molecule has 1 N–H and O–H groups in total. The van der Waals surface area contributed by atoms with Crippen LogP contribution in [0.4, 0.5) is 4.79 Å². The number of hydrogen-bond donors (Lipinski definition) is 1. The van der Waals surface area contributed by atoms with Gasteiger partial charge in [0.05, 0.1) is 0 Å². The van der Waals surface area contributed by atoms with Gasteiger partial charge in [0.15, 0.2) is 0 Å². The zero-order chi connectivity index (χ0) is 15.0. The second-order valence-electron chi connectivity index (χ2n) is 5.42. The predicted octanol–water partition coefficient (Wildman–Crippen LogP) is -0.792. The van der Waals surface area contributed by atoms with Crippen molar-refractivity contribution < 1.29 is 14.4 Å². The maximum absolute atomic E-state index is 12.0. The van der Waals surface area contributed by atoms with E-state index in [1.54, 1.807) is 13.2 Å². The van der Waals surface area contributed by atoms with Gasteiger partial charge in [0.1, 0.15) is 18.9 Å². The van der Waals surface area contributed by atoms with Gasteiger partial charge in [0, 0.05) is 38.4 Å². The second kappa shape index (κ2) is 5.19. The third-order valence-electron chi connectivity index (χ3n) is 3.83. The SMILES string of the molecule is CN1CC(=O)N(CC(=O)N[C@@H]2CCc3nccn3C2)C1=O. The largest absolute Gasteiger partial charge is 0.350 e. The lowest BCUT2D eigenvalue weighted by Crippen LogP contribution is -2.47. The third-order valence-corrected chi connectivity index (χ3v) is 3.83. The van der Waals surface area contributed by atoms with Crippen LogP contribution >= 0.6 is 0 Å². The lowest BCUT2D eigenvalue weighted by molar-refractivity contribution is -0.131. The highest BCUT2D eigenvalue weighted by molar-refractivity contribution is 6.04. The number of likely N-dealkylation sites (N-methyl/N-ethyl adjacent to an activating group) is 1. The van der Waals surface area contributed by atoms with E-state index in [-0.39, 0.29) is 30.9 Å². The molecule has 2 aliphatic rings. The van der Waals surface area contributed by atoms with Crippen LogP contribution in [-0.2, 0) is 22.6 Å². The number of nitrogens with one attached hydrogen (secondary N) is 1. The van der Waals surface area contributed by atoms with Gasteiger partial charge in [-0.1, -0.05) is 0 Å². The summed E-state index contributed by atoms with van der Waals surface area (Å²) in [6, 6.07) is -0.416. The number of hydrogen-bond acceptors (Lipinski definition) is 4. The van der Waals surface area contributed by atoms with E-state index in [9.17, 15) is 14.4 Å². The molecule has 0 unspecified atom stereocenters. The lowest BCUT2D eigenvalue weighted by Gasteiger charge is -2.25. The molecule has 1 aromatic heterocycles. The minimum absolute atomic E-state index is 0.00439. The van der Waals surface area contributed by atoms with Crippen molar-refractivity contribution in [3.8, 4) is 0 Å². The number of imide groups is 1. The molecular weight excluding hydrogens is 274 g/mol. The fourth-order valence-corrected chi connectivity index (χ4v) is 2.73. The number of rotatable bonds is 3. The maximum Gasteiger partial charge on any atom is 0.327 e. The molecule has 2 aliphatic heterocycles. The summed E-state index contributed by atoms with van der Waals surface area (Å²) in [5.41, 5.74) is 0. The number of aromatic nitrogens is 2. The first-order valence-corrected chi connectivity index (χ1v) is 6.89. The minimum atomic E-state index is -0.421. The van der Waals surface area contributed by atoms with Crippen LogP contribution in [0.3, 0.4) is 0 Å². The van der Waals surface area contributed by atoms with Crippen LogP contribution in [0.1, 0.15) is 12.2 Å². The Morgan fingerprint density at radius 3 is 3.00 bits per heavy atom. The van der Waals surface area contributed by atoms with Gasteiger partial charge >= 0.3 is 6.03 Å². The molecule has 0 bridgehead atoms. The van der Waals surface area contributed by atoms with Crippen molar-refractivity contribution in [2.75, 3.05) is 20.1 Å². The van der Waals surface area contributed by atoms with Crippen LogP contribution in [0.2, 0.25) is 0 Å². The molecule has 8 nitrogen and oxygen atoms in total. The van der Waals surface area contributed by atoms with E-state index in [1.165, 1.54) is 4.90 Å². The summed E-state index contributed by atoms with van der Waals surface area (Å²) in [5, 5.41) is 2.88. The van der Waals surface area contributed by atoms with E-state index in [0.717, 1.165) is 23.6 Å². The van der Waals surface area contributed by atoms with E-state index in [0.29, 0.717) is 6.54 Å². The lowest BCUT2D eigenvalue weighted by atomic mass is 10.1. The van der Waals surface area contributed by atoms with Crippen LogP contribution in [0.25, 0.3) is 0 Å². The van der Waals surface area contributed by atoms with Crippen molar-refractivity contribution in [1.82, 2.24) is 24.7 Å². The van der Waals surface area contributed by atoms with Gasteiger partial charge < -0.3 is 14.8 Å². The Balaban J connectivity index is 1.56. The molecule has 1 aromatic rings. The Bertz CT molecular complexity index is 596. The average molecular weight is 291 g/mol. The van der Waals surface area contributed by atoms with Gasteiger partial charge in [-0.3, -0.25) is 14.5 Å². The molecular formula is C13H17N5O3. The topological polar surface area (TPSA) is 87.5 Å². The van der Waals surface area contributed by atoms with E-state index >= 15 is 0 Å². The number of nitrogens with zero attached hydrogens (tertiary/aromatic N) is 4. The summed E-state index contributed by atoms with van der Waals surface area (Å²) in [4.78, 5) is 41.9. The summed E-state index contributed by atoms with van der Waals surface area (Å²) in [5.74, 6) is 0.380. The van der Waals surface area contributed by atoms with E-state index in [1.807, 2.05) is 10.8 Å². The van der Waals surface area contributed by atoms with Crippen molar-refractivity contribution in [2.45, 2.75) is 25.4 Å². The number of imidazole rings is 1. The van der Waals surface area contributed by atoms with Crippen LogP contribution in [0, 0.1) is 0 Å². The van der Waals surface area contributed by atoms with Crippen LogP contribution in [0.5, 0.6) is 0 Å². The molecule has 21 heavy (non-hydrogen) atoms. The van der Waals surface area contributed by atoms with Crippen molar-refractivity contribution in [2.24, 2.45) is 0 Å². The van der Waals surface area contributed by atoms with Gasteiger partial charge in [0.2, 0.25) is 5.91 Å². The Labute approximate surface area is 121 Å². The van der Waals surface area contributed by atoms with Crippen molar-refractivity contribution in [3.63, 3.8) is 0 Å². The molecule has 1 fully saturated rings. The minimum Gasteiger partial charge on any atom is -0.350 e. The fourth-order valence-electron chi connectivity index (χ4n) is 2.73. The predicted molar refractivity (Wildman–Crippen MR) is 72.2 cm³/mol. The van der Waals surface area contributed by atoms with Crippen LogP contribution in [-0.4, -0.2) is 63.4 Å². The van der Waals surface area contributed by atoms with Gasteiger partial charge in [-0.15, -0.1) is 0 Å². The molecule has 3 rings (SSSR count). The van der Waals surface area contributed by atoms with E-state index in [2.05, 4.69) is 10.3 Å². The number of carbonyl (C=O) groups excluding carboxylic acids is 3. The third kappa shape index (κ3) is 2.61. The molecule has 0 aromatic carbocycles. The first-order valence-electron chi connectivity index (χ1n) is 6.89. The number of aryl methyl sites for hydroxylation is 1. The van der Waals surface area contributed by atoms with Crippen molar-refractivity contribution in [1.29, 1.82) is 0 Å². The number of fused-ring (bicyclic) bond motifs is 1. The molecule has 0 saturated carbocycles. The van der Waals surface area contributed by atoms with Gasteiger partial charge in [0.25, 0.3) is 5.91 Å². The molecule has 112 valence electrons. The fraction of sp³-hybridized carbons (Fsp3) is 0.538. The summed E-state index contributed by atoms with van der Waals surface area (Å²) in [6.07, 6.45) is 5.25. The van der Waals surface area contributed by atoms with Gasteiger partial charge in [-0.25, -0.2) is 9.78 Å². The smallest absolute Gasteiger partial charge is 0.327 e. The Kier molecular flexibility index (Phi) is 3.36. The Hall–Kier alpha value is -2.38. The molecule has 4 amide bonds. The van der Waals surface area contributed by atoms with Crippen molar-refractivity contribution >= 4 is 17.8 Å². The summed E-state index contributed by atoms with van der Waals surface area (Å²) in [7, 11) is 1.54. The molecule has 3 heterocycles. The molecule has 1 atom stereocenters. The van der Waals surface area contributed by atoms with Crippen LogP contribution in [0.15, 0.2) is 12.4 Å². The van der Waals surface area contributed by atoms with Crippen molar-refractivity contribution in [3.05, 3.63) is 18.2 Å². The highest BCUT2D eigenvalue weighted by Crippen LogP contribution is 2.13. The zero-order valence-electron chi connectivity index (χ0n) is 11.8. The monoisotopic (exact) mass is 291 g/mol. The highest BCUT2D eigenvalue weighted by atomic mass is 16.2. The normalized spacial score (nSPS) is 21.7. The van der Waals surface area contributed by atoms with Gasteiger partial charge in [-0.2, -0.15) is 0 Å². The standard InChI is InChI=1S/C13H17N5O3/c1-16-8-12(20)18(13(16)21)7-11(19)15-9-2-3-10-14-4-5-17(10)6-9/h4-5,9H,2-3,6-8H2,1H3,(H,15,19)/t9-/m1/s1. The molecule has 0 spiro atoms. The first-order chi connectivity index (χ1) is 10.0. The Morgan fingerprint density at radius 2 is 2.29 bits per heavy atom. The zero-order valence-corrected chi connectivity index (χ0v) is 11.8. The molecule has 0 radical (unpaired) electrons. The number of amides is 4. The Morgan fingerprint density at radius 1 is 1.48 bits per heavy atom. The average Bonchev–Trinajstić information content (AvgIpc) is 2.99. The summed E-state index contributed by atoms with van der Waals surface area (Å²) < 4.78 is 2.01. The number of urea groups is 1. The highest BCUT2D eigenvalue weighted by Gasteiger charge is 2.35. The van der Waals surface area contributed by atoms with Crippen LogP contribution < -0.4 is 5.32 Å². The summed E-state index contributed by atoms with van der Waals surface area (Å²) in [6.45, 7) is 0.492. The maximum atomic E-state index is 12.0.